The van der Waals surface area contributed by atoms with Gasteiger partial charge in [-0.15, -0.1) is 0 Å². The summed E-state index contributed by atoms with van der Waals surface area (Å²) in [6.45, 7) is 7.54. The van der Waals surface area contributed by atoms with Gasteiger partial charge in [0.05, 0.1) is 11.6 Å². The molecule has 0 aliphatic carbocycles. The van der Waals surface area contributed by atoms with Crippen LogP contribution in [0, 0.1) is 18.3 Å². The van der Waals surface area contributed by atoms with E-state index in [1.165, 1.54) is 25.8 Å². The molecule has 1 unspecified atom stereocenters. The van der Waals surface area contributed by atoms with Gasteiger partial charge in [0.1, 0.15) is 5.82 Å². The predicted octanol–water partition coefficient (Wildman–Crippen LogP) is 2.94. The van der Waals surface area contributed by atoms with Crippen LogP contribution in [0.3, 0.4) is 0 Å². The summed E-state index contributed by atoms with van der Waals surface area (Å²) in [5.41, 5.74) is 1.56. The molecule has 0 bridgehead atoms. The van der Waals surface area contributed by atoms with Crippen molar-refractivity contribution in [1.29, 1.82) is 5.26 Å². The number of piperidine rings is 1. The zero-order valence-electron chi connectivity index (χ0n) is 12.5. The quantitative estimate of drug-likeness (QED) is 0.837. The highest BCUT2D eigenvalue weighted by Gasteiger charge is 2.16. The number of aryl methyl sites for hydroxylation is 1. The van der Waals surface area contributed by atoms with Crippen LogP contribution in [0.15, 0.2) is 12.1 Å². The largest absolute Gasteiger partial charge is 0.370 e. The van der Waals surface area contributed by atoms with Crippen LogP contribution >= 0.6 is 0 Å². The molecule has 0 aromatic carbocycles. The van der Waals surface area contributed by atoms with Crippen molar-refractivity contribution in [3.05, 3.63) is 23.4 Å². The van der Waals surface area contributed by atoms with E-state index in [0.29, 0.717) is 5.56 Å². The topological polar surface area (TPSA) is 52.0 Å². The molecule has 1 aliphatic heterocycles. The van der Waals surface area contributed by atoms with E-state index < -0.39 is 0 Å². The average molecular weight is 272 g/mol. The minimum absolute atomic E-state index is 0.671. The van der Waals surface area contributed by atoms with Gasteiger partial charge in [-0.25, -0.2) is 4.98 Å². The lowest BCUT2D eigenvalue weighted by Crippen LogP contribution is -2.38. The molecule has 0 radical (unpaired) electrons. The Balaban J connectivity index is 1.76. The number of aromatic nitrogens is 1. The van der Waals surface area contributed by atoms with E-state index in [2.05, 4.69) is 28.2 Å². The van der Waals surface area contributed by atoms with E-state index in [9.17, 15) is 0 Å². The van der Waals surface area contributed by atoms with Crippen LogP contribution in [0.4, 0.5) is 5.82 Å². The summed E-state index contributed by atoms with van der Waals surface area (Å²) in [6, 6.07) is 6.52. The molecule has 1 N–H and O–H groups in total. The molecule has 1 saturated heterocycles. The third kappa shape index (κ3) is 4.21. The second-order valence-corrected chi connectivity index (χ2v) is 5.66. The van der Waals surface area contributed by atoms with Crippen LogP contribution < -0.4 is 5.32 Å². The molecule has 0 amide bonds. The van der Waals surface area contributed by atoms with Crippen molar-refractivity contribution in [3.8, 4) is 6.07 Å². The highest BCUT2D eigenvalue weighted by Crippen LogP contribution is 2.16. The number of nitriles is 1. The van der Waals surface area contributed by atoms with Gasteiger partial charge in [-0.3, -0.25) is 0 Å². The van der Waals surface area contributed by atoms with E-state index >= 15 is 0 Å². The molecular formula is C16H24N4. The standard InChI is InChI=1S/C16H24N4/c1-13-10-15(12-17)11-16(19-13)18-7-5-9-20-8-4-3-6-14(20)2/h10-11,14H,3-9H2,1-2H3,(H,18,19). The first kappa shape index (κ1) is 14.8. The van der Waals surface area contributed by atoms with Gasteiger partial charge in [0, 0.05) is 24.8 Å². The number of rotatable bonds is 5. The van der Waals surface area contributed by atoms with Crippen molar-refractivity contribution in [2.75, 3.05) is 25.0 Å². The monoisotopic (exact) mass is 272 g/mol. The lowest BCUT2D eigenvalue weighted by Gasteiger charge is -2.33. The fourth-order valence-electron chi connectivity index (χ4n) is 2.81. The zero-order valence-corrected chi connectivity index (χ0v) is 12.5. The van der Waals surface area contributed by atoms with Crippen LogP contribution in [0.25, 0.3) is 0 Å². The lowest BCUT2D eigenvalue weighted by molar-refractivity contribution is 0.160. The minimum Gasteiger partial charge on any atom is -0.370 e. The third-order valence-electron chi connectivity index (χ3n) is 3.95. The molecule has 1 aromatic rings. The summed E-state index contributed by atoms with van der Waals surface area (Å²) in [5.74, 6) is 0.813. The first-order chi connectivity index (χ1) is 9.69. The van der Waals surface area contributed by atoms with Gasteiger partial charge in [-0.1, -0.05) is 6.42 Å². The maximum Gasteiger partial charge on any atom is 0.127 e. The van der Waals surface area contributed by atoms with E-state index in [4.69, 9.17) is 5.26 Å². The highest BCUT2D eigenvalue weighted by atomic mass is 15.2. The van der Waals surface area contributed by atoms with Crippen molar-refractivity contribution in [3.63, 3.8) is 0 Å². The van der Waals surface area contributed by atoms with Gasteiger partial charge in [-0.2, -0.15) is 5.26 Å². The fourth-order valence-corrected chi connectivity index (χ4v) is 2.81. The van der Waals surface area contributed by atoms with Crippen molar-refractivity contribution >= 4 is 5.82 Å². The molecule has 1 aromatic heterocycles. The Labute approximate surface area is 121 Å². The summed E-state index contributed by atoms with van der Waals surface area (Å²) in [5, 5.41) is 12.3. The molecule has 20 heavy (non-hydrogen) atoms. The van der Waals surface area contributed by atoms with Crippen molar-refractivity contribution in [1.82, 2.24) is 9.88 Å². The van der Waals surface area contributed by atoms with E-state index in [1.807, 2.05) is 13.0 Å². The predicted molar refractivity (Wildman–Crippen MR) is 81.7 cm³/mol. The van der Waals surface area contributed by atoms with E-state index in [-0.39, 0.29) is 0 Å². The lowest BCUT2D eigenvalue weighted by atomic mass is 10.0. The number of likely N-dealkylation sites (tertiary alicyclic amines) is 1. The first-order valence-electron chi connectivity index (χ1n) is 7.56. The highest BCUT2D eigenvalue weighted by molar-refractivity contribution is 5.44. The van der Waals surface area contributed by atoms with Crippen LogP contribution in [-0.2, 0) is 0 Å². The molecule has 4 nitrogen and oxygen atoms in total. The smallest absolute Gasteiger partial charge is 0.127 e. The summed E-state index contributed by atoms with van der Waals surface area (Å²) >= 11 is 0. The van der Waals surface area contributed by atoms with Crippen LogP contribution in [0.2, 0.25) is 0 Å². The number of hydrogen-bond donors (Lipinski definition) is 1. The molecule has 4 heteroatoms. The number of nitrogens with one attached hydrogen (secondary N) is 1. The Hall–Kier alpha value is -1.60. The number of pyridine rings is 1. The SMILES string of the molecule is Cc1cc(C#N)cc(NCCCN2CCCCC2C)n1. The average Bonchev–Trinajstić information content (AvgIpc) is 2.44. The number of hydrogen-bond acceptors (Lipinski definition) is 4. The Morgan fingerprint density at radius 3 is 3.05 bits per heavy atom. The van der Waals surface area contributed by atoms with Crippen molar-refractivity contribution in [2.24, 2.45) is 0 Å². The van der Waals surface area contributed by atoms with Gasteiger partial charge in [0.15, 0.2) is 0 Å². The van der Waals surface area contributed by atoms with Crippen LogP contribution in [0.1, 0.15) is 43.9 Å². The molecular weight excluding hydrogens is 248 g/mol. The Bertz CT molecular complexity index is 478. The van der Waals surface area contributed by atoms with Crippen molar-refractivity contribution < 1.29 is 0 Å². The maximum absolute atomic E-state index is 8.95. The van der Waals surface area contributed by atoms with E-state index in [0.717, 1.165) is 37.1 Å². The van der Waals surface area contributed by atoms with Gasteiger partial charge in [0.25, 0.3) is 0 Å². The molecule has 2 heterocycles. The second-order valence-electron chi connectivity index (χ2n) is 5.66. The molecule has 0 spiro atoms. The summed E-state index contributed by atoms with van der Waals surface area (Å²) in [6.07, 6.45) is 5.16. The second kappa shape index (κ2) is 7.25. The summed E-state index contributed by atoms with van der Waals surface area (Å²) in [4.78, 5) is 6.98. The normalized spacial score (nSPS) is 19.6. The Kier molecular flexibility index (Phi) is 5.37. The van der Waals surface area contributed by atoms with Gasteiger partial charge in [0.2, 0.25) is 0 Å². The maximum atomic E-state index is 8.95. The van der Waals surface area contributed by atoms with Gasteiger partial charge in [-0.05, 0) is 51.8 Å². The Morgan fingerprint density at radius 1 is 1.45 bits per heavy atom. The van der Waals surface area contributed by atoms with Crippen LogP contribution in [-0.4, -0.2) is 35.6 Å². The van der Waals surface area contributed by atoms with Gasteiger partial charge < -0.3 is 10.2 Å². The number of nitrogens with zero attached hydrogens (tertiary/aromatic N) is 3. The van der Waals surface area contributed by atoms with Gasteiger partial charge >= 0.3 is 0 Å². The summed E-state index contributed by atoms with van der Waals surface area (Å²) < 4.78 is 0. The number of anilines is 1. The molecule has 1 fully saturated rings. The van der Waals surface area contributed by atoms with Crippen molar-refractivity contribution in [2.45, 2.75) is 45.6 Å². The molecule has 2 rings (SSSR count). The molecule has 0 saturated carbocycles. The zero-order chi connectivity index (χ0) is 14.4. The van der Waals surface area contributed by atoms with Crippen LogP contribution in [0.5, 0.6) is 0 Å². The molecule has 1 atom stereocenters. The fraction of sp³-hybridized carbons (Fsp3) is 0.625. The van der Waals surface area contributed by atoms with E-state index in [1.54, 1.807) is 6.07 Å². The Morgan fingerprint density at radius 2 is 2.30 bits per heavy atom. The molecule has 108 valence electrons. The summed E-state index contributed by atoms with van der Waals surface area (Å²) in [7, 11) is 0. The molecule has 1 aliphatic rings. The third-order valence-corrected chi connectivity index (χ3v) is 3.95. The first-order valence-corrected chi connectivity index (χ1v) is 7.56. The minimum atomic E-state index is 0.671.